The molecular formula is C20H19NO7. The van der Waals surface area contributed by atoms with Crippen molar-refractivity contribution in [3.63, 3.8) is 0 Å². The summed E-state index contributed by atoms with van der Waals surface area (Å²) in [7, 11) is 0. The summed E-state index contributed by atoms with van der Waals surface area (Å²) in [5.41, 5.74) is 0.399. The first-order valence-corrected chi connectivity index (χ1v) is 9.04. The predicted octanol–water partition coefficient (Wildman–Crippen LogP) is 2.29. The van der Waals surface area contributed by atoms with Crippen LogP contribution in [0.2, 0.25) is 0 Å². The normalized spacial score (nSPS) is 16.1. The number of hydrogen-bond donors (Lipinski definition) is 0. The van der Waals surface area contributed by atoms with Crippen molar-refractivity contribution >= 4 is 17.7 Å². The first-order chi connectivity index (χ1) is 13.6. The van der Waals surface area contributed by atoms with Crippen LogP contribution in [-0.4, -0.2) is 49.0 Å². The molecule has 0 radical (unpaired) electrons. The fraction of sp³-hybridized carbons (Fsp3) is 0.350. The number of likely N-dealkylation sites (tertiary alicyclic amines) is 1. The summed E-state index contributed by atoms with van der Waals surface area (Å²) in [6.07, 6.45) is 2.43. The Balaban J connectivity index is 1.25. The molecule has 146 valence electrons. The summed E-state index contributed by atoms with van der Waals surface area (Å²) in [4.78, 5) is 38.4. The number of ether oxygens (including phenoxy) is 3. The summed E-state index contributed by atoms with van der Waals surface area (Å²) in [5, 5.41) is 0. The zero-order valence-corrected chi connectivity index (χ0v) is 15.1. The number of carbonyl (C=O) groups is 3. The molecule has 0 unspecified atom stereocenters. The summed E-state index contributed by atoms with van der Waals surface area (Å²) in [6.45, 7) is 0.678. The molecule has 1 aromatic heterocycles. The quantitative estimate of drug-likeness (QED) is 0.576. The van der Waals surface area contributed by atoms with E-state index in [1.807, 2.05) is 0 Å². The molecule has 0 bridgehead atoms. The van der Waals surface area contributed by atoms with Crippen molar-refractivity contribution in [1.82, 2.24) is 4.90 Å². The molecule has 3 heterocycles. The number of piperidine rings is 1. The molecule has 2 aliphatic rings. The fourth-order valence-corrected chi connectivity index (χ4v) is 3.28. The van der Waals surface area contributed by atoms with Crippen LogP contribution in [0.15, 0.2) is 41.0 Å². The molecule has 8 nitrogen and oxygen atoms in total. The van der Waals surface area contributed by atoms with Crippen molar-refractivity contribution in [3.05, 3.63) is 47.9 Å². The average molecular weight is 385 g/mol. The first kappa shape index (κ1) is 18.1. The molecule has 0 aliphatic carbocycles. The van der Waals surface area contributed by atoms with Crippen molar-refractivity contribution in [2.45, 2.75) is 12.8 Å². The van der Waals surface area contributed by atoms with Gasteiger partial charge in [0.05, 0.1) is 12.2 Å². The highest BCUT2D eigenvalue weighted by Gasteiger charge is 2.30. The van der Waals surface area contributed by atoms with Crippen molar-refractivity contribution in [2.75, 3.05) is 26.5 Å². The third-order valence-electron chi connectivity index (χ3n) is 4.89. The molecule has 0 spiro atoms. The highest BCUT2D eigenvalue weighted by Crippen LogP contribution is 2.32. The first-order valence-electron chi connectivity index (χ1n) is 9.04. The standard InChI is InChI=1S/C20H19NO7/c22-15(14-3-4-16-18(10-14)28-12-27-16)11-26-20(24)13-5-7-21(8-6-13)19(23)17-2-1-9-25-17/h1-4,9-10,13H,5-8,11-12H2. The van der Waals surface area contributed by atoms with Crippen LogP contribution in [0, 0.1) is 5.92 Å². The van der Waals surface area contributed by atoms with E-state index in [2.05, 4.69) is 0 Å². The Kier molecular flexibility index (Phi) is 5.01. The molecule has 1 saturated heterocycles. The van der Waals surface area contributed by atoms with E-state index in [4.69, 9.17) is 18.6 Å². The minimum atomic E-state index is -0.417. The summed E-state index contributed by atoms with van der Waals surface area (Å²) in [5.74, 6) is 0.141. The third kappa shape index (κ3) is 3.71. The van der Waals surface area contributed by atoms with Crippen molar-refractivity contribution in [2.24, 2.45) is 5.92 Å². The predicted molar refractivity (Wildman–Crippen MR) is 95.2 cm³/mol. The van der Waals surface area contributed by atoms with Crippen LogP contribution < -0.4 is 9.47 Å². The number of rotatable bonds is 5. The number of fused-ring (bicyclic) bond motifs is 1. The number of hydrogen-bond acceptors (Lipinski definition) is 7. The summed E-state index contributed by atoms with van der Waals surface area (Å²) < 4.78 is 20.8. The van der Waals surface area contributed by atoms with E-state index >= 15 is 0 Å². The van der Waals surface area contributed by atoms with E-state index in [1.54, 1.807) is 35.2 Å². The minimum Gasteiger partial charge on any atom is -0.459 e. The van der Waals surface area contributed by atoms with Gasteiger partial charge in [0.15, 0.2) is 29.6 Å². The van der Waals surface area contributed by atoms with Crippen LogP contribution >= 0.6 is 0 Å². The van der Waals surface area contributed by atoms with Gasteiger partial charge in [0.25, 0.3) is 5.91 Å². The number of nitrogens with zero attached hydrogens (tertiary/aromatic N) is 1. The van der Waals surface area contributed by atoms with Crippen LogP contribution in [0.5, 0.6) is 11.5 Å². The molecule has 0 N–H and O–H groups in total. The molecule has 28 heavy (non-hydrogen) atoms. The lowest BCUT2D eigenvalue weighted by molar-refractivity contribution is -0.148. The number of carbonyl (C=O) groups excluding carboxylic acids is 3. The van der Waals surface area contributed by atoms with Gasteiger partial charge in [0.2, 0.25) is 6.79 Å². The zero-order chi connectivity index (χ0) is 19.5. The van der Waals surface area contributed by atoms with Crippen LogP contribution in [0.1, 0.15) is 33.8 Å². The summed E-state index contributed by atoms with van der Waals surface area (Å²) >= 11 is 0. The Morgan fingerprint density at radius 2 is 1.86 bits per heavy atom. The molecule has 1 amide bonds. The monoisotopic (exact) mass is 385 g/mol. The van der Waals surface area contributed by atoms with Gasteiger partial charge in [-0.05, 0) is 43.2 Å². The van der Waals surface area contributed by atoms with Crippen molar-refractivity contribution in [3.8, 4) is 11.5 Å². The minimum absolute atomic E-state index is 0.128. The van der Waals surface area contributed by atoms with Gasteiger partial charge in [-0.2, -0.15) is 0 Å². The van der Waals surface area contributed by atoms with Gasteiger partial charge in [-0.15, -0.1) is 0 Å². The molecule has 1 aromatic carbocycles. The van der Waals surface area contributed by atoms with Crippen molar-refractivity contribution in [1.29, 1.82) is 0 Å². The molecule has 2 aliphatic heterocycles. The Hall–Kier alpha value is -3.29. The summed E-state index contributed by atoms with van der Waals surface area (Å²) in [6, 6.07) is 8.13. The van der Waals surface area contributed by atoms with Crippen molar-refractivity contribution < 1.29 is 33.0 Å². The zero-order valence-electron chi connectivity index (χ0n) is 15.1. The molecule has 2 aromatic rings. The molecule has 4 rings (SSSR count). The maximum Gasteiger partial charge on any atom is 0.309 e. The van der Waals surface area contributed by atoms with E-state index in [0.717, 1.165) is 0 Å². The van der Waals surface area contributed by atoms with Crippen LogP contribution in [0.25, 0.3) is 0 Å². The Morgan fingerprint density at radius 1 is 1.07 bits per heavy atom. The number of amides is 1. The van der Waals surface area contributed by atoms with Gasteiger partial charge < -0.3 is 23.5 Å². The van der Waals surface area contributed by atoms with E-state index in [9.17, 15) is 14.4 Å². The van der Waals surface area contributed by atoms with E-state index in [-0.39, 0.29) is 36.8 Å². The lowest BCUT2D eigenvalue weighted by Gasteiger charge is -2.30. The Labute approximate surface area is 161 Å². The molecular weight excluding hydrogens is 366 g/mol. The largest absolute Gasteiger partial charge is 0.459 e. The highest BCUT2D eigenvalue weighted by atomic mass is 16.7. The number of ketones is 1. The molecule has 0 atom stereocenters. The van der Waals surface area contributed by atoms with Gasteiger partial charge in [0, 0.05) is 18.7 Å². The van der Waals surface area contributed by atoms with Gasteiger partial charge in [-0.25, -0.2) is 0 Å². The van der Waals surface area contributed by atoms with Gasteiger partial charge >= 0.3 is 5.97 Å². The number of Topliss-reactive ketones (excluding diaryl/α,β-unsaturated/α-hetero) is 1. The second kappa shape index (κ2) is 7.75. The smallest absolute Gasteiger partial charge is 0.309 e. The lowest BCUT2D eigenvalue weighted by Crippen LogP contribution is -2.40. The number of esters is 1. The molecule has 1 fully saturated rings. The third-order valence-corrected chi connectivity index (χ3v) is 4.89. The molecule has 0 saturated carbocycles. The average Bonchev–Trinajstić information content (AvgIpc) is 3.42. The maximum atomic E-state index is 12.3. The van der Waals surface area contributed by atoms with Crippen LogP contribution in [0.3, 0.4) is 0 Å². The Bertz CT molecular complexity index is 882. The van der Waals surface area contributed by atoms with Crippen LogP contribution in [0.4, 0.5) is 0 Å². The van der Waals surface area contributed by atoms with E-state index in [0.29, 0.717) is 43.0 Å². The topological polar surface area (TPSA) is 95.3 Å². The van der Waals surface area contributed by atoms with E-state index in [1.165, 1.54) is 6.26 Å². The Morgan fingerprint density at radius 3 is 2.61 bits per heavy atom. The lowest BCUT2D eigenvalue weighted by atomic mass is 9.97. The highest BCUT2D eigenvalue weighted by molar-refractivity contribution is 5.98. The van der Waals surface area contributed by atoms with Gasteiger partial charge in [-0.1, -0.05) is 0 Å². The molecule has 8 heteroatoms. The van der Waals surface area contributed by atoms with E-state index < -0.39 is 5.97 Å². The second-order valence-electron chi connectivity index (χ2n) is 6.64. The van der Waals surface area contributed by atoms with Gasteiger partial charge in [-0.3, -0.25) is 14.4 Å². The number of furan rings is 1. The number of benzene rings is 1. The maximum absolute atomic E-state index is 12.3. The SMILES string of the molecule is O=C(COC(=O)C1CCN(C(=O)c2ccco2)CC1)c1ccc2c(c1)OCO2. The second-order valence-corrected chi connectivity index (χ2v) is 6.64. The van der Waals surface area contributed by atoms with Crippen LogP contribution in [-0.2, 0) is 9.53 Å². The van der Waals surface area contributed by atoms with Gasteiger partial charge in [0.1, 0.15) is 0 Å². The fourth-order valence-electron chi connectivity index (χ4n) is 3.28.